The van der Waals surface area contributed by atoms with E-state index in [9.17, 15) is 18.4 Å². The Bertz CT molecular complexity index is 1060. The molecular formula is C24H25F2N3O4. The number of para-hydroxylation sites is 1. The van der Waals surface area contributed by atoms with Crippen molar-refractivity contribution in [3.05, 3.63) is 83.8 Å². The highest BCUT2D eigenvalue weighted by Crippen LogP contribution is 2.20. The van der Waals surface area contributed by atoms with Gasteiger partial charge in [0.05, 0.1) is 30.6 Å². The summed E-state index contributed by atoms with van der Waals surface area (Å²) in [6.45, 7) is -2.11. The first kappa shape index (κ1) is 23.9. The molecule has 0 aliphatic heterocycles. The molecule has 0 spiro atoms. The van der Waals surface area contributed by atoms with E-state index in [1.807, 2.05) is 0 Å². The Labute approximate surface area is 190 Å². The van der Waals surface area contributed by atoms with Crippen LogP contribution >= 0.6 is 0 Å². The van der Waals surface area contributed by atoms with Crippen LogP contribution in [0.5, 0.6) is 5.75 Å². The van der Waals surface area contributed by atoms with Gasteiger partial charge in [0.15, 0.2) is 0 Å². The maximum atomic E-state index is 12.9. The zero-order chi connectivity index (χ0) is 23.8. The van der Waals surface area contributed by atoms with Gasteiger partial charge in [-0.25, -0.2) is 0 Å². The first-order chi connectivity index (χ1) is 15.8. The van der Waals surface area contributed by atoms with Gasteiger partial charge in [-0.1, -0.05) is 24.3 Å². The first-order valence-corrected chi connectivity index (χ1v) is 10.2. The summed E-state index contributed by atoms with van der Waals surface area (Å²) < 4.78 is 34.1. The Morgan fingerprint density at radius 1 is 1.03 bits per heavy atom. The summed E-state index contributed by atoms with van der Waals surface area (Å²) in [5.41, 5.74) is 1.70. The highest BCUT2D eigenvalue weighted by atomic mass is 19.3. The van der Waals surface area contributed by atoms with Crippen LogP contribution in [-0.4, -0.2) is 44.0 Å². The number of nitrogens with zero attached hydrogens (tertiary/aromatic N) is 2. The number of carbonyl (C=O) groups is 2. The lowest BCUT2D eigenvalue weighted by Gasteiger charge is -2.24. The normalized spacial score (nSPS) is 11.0. The van der Waals surface area contributed by atoms with Crippen LogP contribution in [0, 0.1) is 0 Å². The van der Waals surface area contributed by atoms with Gasteiger partial charge < -0.3 is 19.4 Å². The topological polar surface area (TPSA) is 75.0 Å². The second kappa shape index (κ2) is 11.2. The van der Waals surface area contributed by atoms with Crippen LogP contribution in [0.4, 0.5) is 14.5 Å². The molecule has 0 aliphatic rings. The second-order valence-corrected chi connectivity index (χ2v) is 7.43. The fourth-order valence-electron chi connectivity index (χ4n) is 3.25. The van der Waals surface area contributed by atoms with Crippen LogP contribution < -0.4 is 15.0 Å². The number of hydrogen-bond donors (Lipinski definition) is 1. The van der Waals surface area contributed by atoms with Gasteiger partial charge in [0, 0.05) is 13.6 Å². The quantitative estimate of drug-likeness (QED) is 0.500. The van der Waals surface area contributed by atoms with E-state index in [0.29, 0.717) is 23.6 Å². The van der Waals surface area contributed by atoms with Crippen molar-refractivity contribution in [2.75, 3.05) is 25.5 Å². The van der Waals surface area contributed by atoms with Crippen molar-refractivity contribution in [2.24, 2.45) is 0 Å². The van der Waals surface area contributed by atoms with Crippen molar-refractivity contribution in [3.8, 4) is 5.75 Å². The van der Waals surface area contributed by atoms with E-state index in [1.54, 1.807) is 67.5 Å². The number of benzene rings is 2. The Balaban J connectivity index is 1.59. The third-order valence-electron chi connectivity index (χ3n) is 4.89. The molecule has 2 aromatic carbocycles. The largest absolute Gasteiger partial charge is 0.467 e. The summed E-state index contributed by atoms with van der Waals surface area (Å²) in [5.74, 6) is 0.178. The van der Waals surface area contributed by atoms with E-state index in [2.05, 4.69) is 10.1 Å². The van der Waals surface area contributed by atoms with Gasteiger partial charge >= 0.3 is 6.61 Å². The molecule has 3 aromatic rings. The third kappa shape index (κ3) is 6.88. The van der Waals surface area contributed by atoms with E-state index < -0.39 is 6.61 Å². The van der Waals surface area contributed by atoms with Crippen LogP contribution in [0.3, 0.4) is 0 Å². The molecule has 2 amide bonds. The van der Waals surface area contributed by atoms with Crippen molar-refractivity contribution in [3.63, 3.8) is 0 Å². The summed E-state index contributed by atoms with van der Waals surface area (Å²) in [6, 6.07) is 16.6. The van der Waals surface area contributed by atoms with Crippen molar-refractivity contribution < 1.29 is 27.5 Å². The SMILES string of the molecule is CN(CC(=O)N(C)c1ccccc1C(=O)NCc1ccco1)Cc1ccc(OC(F)F)cc1. The van der Waals surface area contributed by atoms with Crippen LogP contribution in [-0.2, 0) is 17.9 Å². The van der Waals surface area contributed by atoms with E-state index >= 15 is 0 Å². The number of anilines is 1. The molecule has 0 bridgehead atoms. The molecule has 0 fully saturated rings. The van der Waals surface area contributed by atoms with Gasteiger partial charge in [-0.2, -0.15) is 8.78 Å². The van der Waals surface area contributed by atoms with Gasteiger partial charge in [0.25, 0.3) is 5.91 Å². The Morgan fingerprint density at radius 3 is 2.42 bits per heavy atom. The smallest absolute Gasteiger partial charge is 0.387 e. The lowest BCUT2D eigenvalue weighted by Crippen LogP contribution is -2.37. The standard InChI is InChI=1S/C24H25F2N3O4/c1-28(15-17-9-11-18(12-10-17)33-24(25)26)16-22(30)29(2)21-8-4-3-7-20(21)23(31)27-14-19-6-5-13-32-19/h3-13,24H,14-16H2,1-2H3,(H,27,31). The maximum Gasteiger partial charge on any atom is 0.387 e. The molecule has 0 unspecified atom stereocenters. The van der Waals surface area contributed by atoms with Crippen LogP contribution in [0.1, 0.15) is 21.7 Å². The second-order valence-electron chi connectivity index (χ2n) is 7.43. The molecule has 174 valence electrons. The molecule has 33 heavy (non-hydrogen) atoms. The van der Waals surface area contributed by atoms with Crippen molar-refractivity contribution in [1.82, 2.24) is 10.2 Å². The molecule has 0 aliphatic carbocycles. The monoisotopic (exact) mass is 457 g/mol. The molecule has 0 radical (unpaired) electrons. The van der Waals surface area contributed by atoms with Gasteiger partial charge in [-0.3, -0.25) is 14.5 Å². The fourth-order valence-corrected chi connectivity index (χ4v) is 3.25. The molecule has 0 atom stereocenters. The average Bonchev–Trinajstić information content (AvgIpc) is 3.31. The number of carbonyl (C=O) groups excluding carboxylic acids is 2. The number of likely N-dealkylation sites (N-methyl/N-ethyl adjacent to an activating group) is 2. The van der Waals surface area contributed by atoms with Crippen LogP contribution in [0.2, 0.25) is 0 Å². The minimum absolute atomic E-state index is 0.0779. The molecule has 3 rings (SSSR count). The molecule has 7 nitrogen and oxygen atoms in total. The molecular weight excluding hydrogens is 432 g/mol. The van der Waals surface area contributed by atoms with Crippen molar-refractivity contribution >= 4 is 17.5 Å². The molecule has 1 heterocycles. The predicted octanol–water partition coefficient (Wildman–Crippen LogP) is 3.91. The summed E-state index contributed by atoms with van der Waals surface area (Å²) in [7, 11) is 3.39. The summed E-state index contributed by atoms with van der Waals surface area (Å²) in [5, 5.41) is 2.79. The van der Waals surface area contributed by atoms with E-state index in [0.717, 1.165) is 5.56 Å². The van der Waals surface area contributed by atoms with Gasteiger partial charge in [-0.15, -0.1) is 0 Å². The number of alkyl halides is 2. The molecule has 9 heteroatoms. The van der Waals surface area contributed by atoms with Crippen molar-refractivity contribution in [1.29, 1.82) is 0 Å². The number of halogens is 2. The maximum absolute atomic E-state index is 12.9. The summed E-state index contributed by atoms with van der Waals surface area (Å²) in [6.07, 6.45) is 1.53. The highest BCUT2D eigenvalue weighted by Gasteiger charge is 2.19. The first-order valence-electron chi connectivity index (χ1n) is 10.2. The molecule has 0 saturated heterocycles. The Hall–Kier alpha value is -3.72. The Kier molecular flexibility index (Phi) is 8.15. The number of ether oxygens (including phenoxy) is 1. The van der Waals surface area contributed by atoms with E-state index in [1.165, 1.54) is 23.3 Å². The zero-order valence-corrected chi connectivity index (χ0v) is 18.3. The van der Waals surface area contributed by atoms with Gasteiger partial charge in [0.2, 0.25) is 5.91 Å². The minimum Gasteiger partial charge on any atom is -0.467 e. The van der Waals surface area contributed by atoms with Crippen molar-refractivity contribution in [2.45, 2.75) is 19.7 Å². The lowest BCUT2D eigenvalue weighted by atomic mass is 10.1. The van der Waals surface area contributed by atoms with Gasteiger partial charge in [0.1, 0.15) is 11.5 Å². The minimum atomic E-state index is -2.87. The van der Waals surface area contributed by atoms with Gasteiger partial charge in [-0.05, 0) is 49.0 Å². The van der Waals surface area contributed by atoms with E-state index in [-0.39, 0.29) is 30.7 Å². The van der Waals surface area contributed by atoms with Crippen LogP contribution in [0.15, 0.2) is 71.3 Å². The third-order valence-corrected chi connectivity index (χ3v) is 4.89. The molecule has 1 N–H and O–H groups in total. The van der Waals surface area contributed by atoms with Crippen LogP contribution in [0.25, 0.3) is 0 Å². The molecule has 0 saturated carbocycles. The fraction of sp³-hybridized carbons (Fsp3) is 0.250. The number of nitrogens with one attached hydrogen (secondary N) is 1. The van der Waals surface area contributed by atoms with E-state index in [4.69, 9.17) is 4.42 Å². The predicted molar refractivity (Wildman–Crippen MR) is 119 cm³/mol. The number of rotatable bonds is 10. The zero-order valence-electron chi connectivity index (χ0n) is 18.3. The average molecular weight is 457 g/mol. The number of hydrogen-bond acceptors (Lipinski definition) is 5. The summed E-state index contributed by atoms with van der Waals surface area (Å²) in [4.78, 5) is 28.8. The number of furan rings is 1. The number of amides is 2. The lowest BCUT2D eigenvalue weighted by molar-refractivity contribution is -0.119. The summed E-state index contributed by atoms with van der Waals surface area (Å²) >= 11 is 0. The Morgan fingerprint density at radius 2 is 1.76 bits per heavy atom. The molecule has 1 aromatic heterocycles. The highest BCUT2D eigenvalue weighted by molar-refractivity contribution is 6.04.